The van der Waals surface area contributed by atoms with E-state index in [1.165, 1.54) is 4.88 Å². The number of hydrogen-bond acceptors (Lipinski definition) is 6. The first kappa shape index (κ1) is 19.6. The summed E-state index contributed by atoms with van der Waals surface area (Å²) >= 11 is 3.30. The molecular formula is C22H21N3O2S2. The molecule has 4 aromatic rings. The van der Waals surface area contributed by atoms with Crippen LogP contribution in [0.1, 0.15) is 15.6 Å². The Labute approximate surface area is 177 Å². The molecule has 0 fully saturated rings. The van der Waals surface area contributed by atoms with Gasteiger partial charge in [0.05, 0.1) is 30.1 Å². The summed E-state index contributed by atoms with van der Waals surface area (Å²) < 4.78 is 5.47. The topological polar surface area (TPSA) is 58.4 Å². The highest BCUT2D eigenvalue weighted by Crippen LogP contribution is 2.24. The SMILES string of the molecule is Cc1nc(-c2cccc(NC(=O)CN(Cc3ccco3)Cc3cccs3)c2)cs1. The minimum Gasteiger partial charge on any atom is -0.468 e. The van der Waals surface area contributed by atoms with Gasteiger partial charge in [0, 0.05) is 28.1 Å². The predicted molar refractivity (Wildman–Crippen MR) is 118 cm³/mol. The summed E-state index contributed by atoms with van der Waals surface area (Å²) in [6.07, 6.45) is 1.66. The predicted octanol–water partition coefficient (Wildman–Crippen LogP) is 5.41. The standard InChI is InChI=1S/C22H21N3O2S2/c1-16-23-21(15-29-16)17-5-2-6-18(11-17)24-22(26)14-25(12-19-7-3-9-27-19)13-20-8-4-10-28-20/h2-11,15H,12-14H2,1H3,(H,24,26). The van der Waals surface area contributed by atoms with Crippen LogP contribution in [0.15, 0.2) is 70.0 Å². The average molecular weight is 424 g/mol. The Morgan fingerprint density at radius 3 is 2.79 bits per heavy atom. The molecule has 0 spiro atoms. The van der Waals surface area contributed by atoms with Crippen molar-refractivity contribution >= 4 is 34.3 Å². The molecule has 1 N–H and O–H groups in total. The lowest BCUT2D eigenvalue weighted by Crippen LogP contribution is -2.32. The average Bonchev–Trinajstić information content (AvgIpc) is 3.45. The summed E-state index contributed by atoms with van der Waals surface area (Å²) in [6, 6.07) is 15.7. The lowest BCUT2D eigenvalue weighted by Gasteiger charge is -2.20. The van der Waals surface area contributed by atoms with Crippen molar-refractivity contribution in [3.05, 3.63) is 81.2 Å². The summed E-state index contributed by atoms with van der Waals surface area (Å²) in [6.45, 7) is 3.54. The molecule has 1 amide bonds. The van der Waals surface area contributed by atoms with Crippen molar-refractivity contribution in [2.75, 3.05) is 11.9 Å². The second-order valence-electron chi connectivity index (χ2n) is 6.68. The Balaban J connectivity index is 1.43. The van der Waals surface area contributed by atoms with Crippen LogP contribution in [-0.4, -0.2) is 22.3 Å². The number of carbonyl (C=O) groups is 1. The maximum atomic E-state index is 12.7. The summed E-state index contributed by atoms with van der Waals surface area (Å²) in [4.78, 5) is 20.5. The summed E-state index contributed by atoms with van der Waals surface area (Å²) in [5.74, 6) is 0.787. The van der Waals surface area contributed by atoms with Crippen LogP contribution in [0.25, 0.3) is 11.3 Å². The number of furan rings is 1. The Morgan fingerprint density at radius 2 is 2.07 bits per heavy atom. The van der Waals surface area contributed by atoms with E-state index in [4.69, 9.17) is 4.42 Å². The van der Waals surface area contributed by atoms with Crippen molar-refractivity contribution in [1.82, 2.24) is 9.88 Å². The maximum Gasteiger partial charge on any atom is 0.238 e. The number of aromatic nitrogens is 1. The van der Waals surface area contributed by atoms with Crippen molar-refractivity contribution in [3.8, 4) is 11.3 Å². The van der Waals surface area contributed by atoms with Crippen LogP contribution in [-0.2, 0) is 17.9 Å². The van der Waals surface area contributed by atoms with E-state index in [-0.39, 0.29) is 12.5 Å². The maximum absolute atomic E-state index is 12.7. The van der Waals surface area contributed by atoms with E-state index in [0.717, 1.165) is 27.7 Å². The van der Waals surface area contributed by atoms with Crippen molar-refractivity contribution < 1.29 is 9.21 Å². The number of thiophene rings is 1. The molecule has 5 nitrogen and oxygen atoms in total. The van der Waals surface area contributed by atoms with Gasteiger partial charge in [-0.25, -0.2) is 4.98 Å². The second kappa shape index (κ2) is 9.17. The number of thiazole rings is 1. The van der Waals surface area contributed by atoms with Crippen LogP contribution >= 0.6 is 22.7 Å². The van der Waals surface area contributed by atoms with Crippen LogP contribution in [0.4, 0.5) is 5.69 Å². The fourth-order valence-electron chi connectivity index (χ4n) is 3.07. The van der Waals surface area contributed by atoms with Crippen LogP contribution in [0, 0.1) is 6.92 Å². The third-order valence-corrected chi connectivity index (χ3v) is 5.98. The zero-order valence-corrected chi connectivity index (χ0v) is 17.6. The number of aryl methyl sites for hydroxylation is 1. The Morgan fingerprint density at radius 1 is 1.14 bits per heavy atom. The Kier molecular flexibility index (Phi) is 6.19. The number of anilines is 1. The van der Waals surface area contributed by atoms with Gasteiger partial charge in [-0.15, -0.1) is 22.7 Å². The third-order valence-electron chi connectivity index (χ3n) is 4.35. The molecule has 0 aliphatic carbocycles. The number of nitrogens with zero attached hydrogens (tertiary/aromatic N) is 2. The molecule has 0 aliphatic rings. The van der Waals surface area contributed by atoms with E-state index >= 15 is 0 Å². The molecule has 0 unspecified atom stereocenters. The third kappa shape index (κ3) is 5.41. The van der Waals surface area contributed by atoms with E-state index < -0.39 is 0 Å². The van der Waals surface area contributed by atoms with Gasteiger partial charge in [0.1, 0.15) is 5.76 Å². The fourth-order valence-corrected chi connectivity index (χ4v) is 4.44. The quantitative estimate of drug-likeness (QED) is 0.411. The van der Waals surface area contributed by atoms with E-state index in [1.54, 1.807) is 28.9 Å². The normalized spacial score (nSPS) is 11.1. The summed E-state index contributed by atoms with van der Waals surface area (Å²) in [7, 11) is 0. The van der Waals surface area contributed by atoms with Gasteiger partial charge in [-0.2, -0.15) is 0 Å². The van der Waals surface area contributed by atoms with Crippen molar-refractivity contribution in [1.29, 1.82) is 0 Å². The minimum atomic E-state index is -0.0558. The molecule has 1 aromatic carbocycles. The zero-order chi connectivity index (χ0) is 20.1. The molecule has 0 saturated heterocycles. The van der Waals surface area contributed by atoms with E-state index in [1.807, 2.05) is 60.1 Å². The first-order valence-corrected chi connectivity index (χ1v) is 11.0. The molecule has 3 aromatic heterocycles. The van der Waals surface area contributed by atoms with Gasteiger partial charge in [0.25, 0.3) is 0 Å². The number of benzene rings is 1. The number of nitrogens with one attached hydrogen (secondary N) is 1. The number of carbonyl (C=O) groups excluding carboxylic acids is 1. The minimum absolute atomic E-state index is 0.0558. The van der Waals surface area contributed by atoms with E-state index in [9.17, 15) is 4.79 Å². The molecule has 148 valence electrons. The highest BCUT2D eigenvalue weighted by molar-refractivity contribution is 7.10. The fraction of sp³-hybridized carbons (Fsp3) is 0.182. The summed E-state index contributed by atoms with van der Waals surface area (Å²) in [5.41, 5.74) is 2.70. The van der Waals surface area contributed by atoms with Crippen molar-refractivity contribution in [2.24, 2.45) is 0 Å². The first-order chi connectivity index (χ1) is 14.2. The number of rotatable bonds is 8. The van der Waals surface area contributed by atoms with E-state index in [2.05, 4.69) is 21.3 Å². The van der Waals surface area contributed by atoms with Crippen LogP contribution in [0.2, 0.25) is 0 Å². The molecule has 7 heteroatoms. The largest absolute Gasteiger partial charge is 0.468 e. The second-order valence-corrected chi connectivity index (χ2v) is 8.78. The van der Waals surface area contributed by atoms with Gasteiger partial charge < -0.3 is 9.73 Å². The van der Waals surface area contributed by atoms with Gasteiger partial charge in [-0.3, -0.25) is 9.69 Å². The molecule has 0 aliphatic heterocycles. The van der Waals surface area contributed by atoms with E-state index in [0.29, 0.717) is 13.1 Å². The highest BCUT2D eigenvalue weighted by Gasteiger charge is 2.15. The molecule has 0 atom stereocenters. The first-order valence-electron chi connectivity index (χ1n) is 9.25. The molecule has 4 rings (SSSR count). The van der Waals surface area contributed by atoms with Crippen LogP contribution in [0.5, 0.6) is 0 Å². The van der Waals surface area contributed by atoms with Gasteiger partial charge in [0.15, 0.2) is 0 Å². The van der Waals surface area contributed by atoms with Gasteiger partial charge in [-0.1, -0.05) is 18.2 Å². The summed E-state index contributed by atoms with van der Waals surface area (Å²) in [5, 5.41) is 8.12. The zero-order valence-electron chi connectivity index (χ0n) is 16.0. The molecule has 3 heterocycles. The van der Waals surface area contributed by atoms with Gasteiger partial charge in [0.2, 0.25) is 5.91 Å². The molecular weight excluding hydrogens is 402 g/mol. The van der Waals surface area contributed by atoms with Crippen LogP contribution in [0.3, 0.4) is 0 Å². The monoisotopic (exact) mass is 423 g/mol. The van der Waals surface area contributed by atoms with Crippen LogP contribution < -0.4 is 5.32 Å². The smallest absolute Gasteiger partial charge is 0.238 e. The highest BCUT2D eigenvalue weighted by atomic mass is 32.1. The Hall–Kier alpha value is -2.74. The molecule has 0 bridgehead atoms. The van der Waals surface area contributed by atoms with Gasteiger partial charge >= 0.3 is 0 Å². The lowest BCUT2D eigenvalue weighted by molar-refractivity contribution is -0.117. The molecule has 0 radical (unpaired) electrons. The van der Waals surface area contributed by atoms with Crippen molar-refractivity contribution in [3.63, 3.8) is 0 Å². The van der Waals surface area contributed by atoms with Crippen molar-refractivity contribution in [2.45, 2.75) is 20.0 Å². The lowest BCUT2D eigenvalue weighted by atomic mass is 10.1. The van der Waals surface area contributed by atoms with Gasteiger partial charge in [-0.05, 0) is 42.6 Å². The Bertz CT molecular complexity index is 1020. The molecule has 29 heavy (non-hydrogen) atoms. The number of hydrogen-bond donors (Lipinski definition) is 1. The number of amides is 1. The molecule has 0 saturated carbocycles.